The van der Waals surface area contributed by atoms with Gasteiger partial charge in [0.15, 0.2) is 0 Å². The number of aromatic nitrogens is 2. The van der Waals surface area contributed by atoms with Crippen LogP contribution in [0.2, 0.25) is 10.2 Å². The summed E-state index contributed by atoms with van der Waals surface area (Å²) in [6.07, 6.45) is 2.65. The van der Waals surface area contributed by atoms with Crippen LogP contribution in [0.15, 0.2) is 35.5 Å². The standard InChI is InChI=1S/C11H9Cl2N3O2S/c1-7-2-3-14-10(4-7)16-19(17,18)8-5-9(12)11(13)15-6-8/h2-6H,1H3,(H,14,16). The van der Waals surface area contributed by atoms with Crippen molar-refractivity contribution in [2.24, 2.45) is 0 Å². The molecule has 0 aliphatic heterocycles. The van der Waals surface area contributed by atoms with Crippen LogP contribution in [0.1, 0.15) is 5.56 Å². The molecule has 100 valence electrons. The van der Waals surface area contributed by atoms with E-state index < -0.39 is 10.0 Å². The monoisotopic (exact) mass is 317 g/mol. The lowest BCUT2D eigenvalue weighted by molar-refractivity contribution is 0.600. The summed E-state index contributed by atoms with van der Waals surface area (Å²) < 4.78 is 26.5. The first-order valence-electron chi connectivity index (χ1n) is 5.15. The summed E-state index contributed by atoms with van der Waals surface area (Å²) in [4.78, 5) is 7.54. The summed E-state index contributed by atoms with van der Waals surface area (Å²) in [5, 5.41) is 0.121. The molecule has 1 N–H and O–H groups in total. The summed E-state index contributed by atoms with van der Waals surface area (Å²) in [6, 6.07) is 4.61. The summed E-state index contributed by atoms with van der Waals surface area (Å²) in [5.74, 6) is 0.228. The van der Waals surface area contributed by atoms with E-state index in [4.69, 9.17) is 23.2 Å². The molecule has 0 unspecified atom stereocenters. The molecule has 0 spiro atoms. The predicted molar refractivity (Wildman–Crippen MR) is 74.0 cm³/mol. The van der Waals surface area contributed by atoms with E-state index in [1.54, 1.807) is 12.1 Å². The van der Waals surface area contributed by atoms with Crippen molar-refractivity contribution in [3.05, 3.63) is 46.3 Å². The van der Waals surface area contributed by atoms with Crippen molar-refractivity contribution in [1.29, 1.82) is 0 Å². The zero-order valence-electron chi connectivity index (χ0n) is 9.76. The first kappa shape index (κ1) is 14.0. The fraction of sp³-hybridized carbons (Fsp3) is 0.0909. The second-order valence-corrected chi connectivity index (χ2v) is 6.22. The fourth-order valence-corrected chi connectivity index (χ4v) is 2.64. The summed E-state index contributed by atoms with van der Waals surface area (Å²) in [7, 11) is -3.79. The lowest BCUT2D eigenvalue weighted by atomic mass is 10.3. The molecule has 8 heteroatoms. The number of anilines is 1. The van der Waals surface area contributed by atoms with Gasteiger partial charge in [-0.05, 0) is 30.7 Å². The summed E-state index contributed by atoms with van der Waals surface area (Å²) >= 11 is 11.4. The summed E-state index contributed by atoms with van der Waals surface area (Å²) in [5.41, 5.74) is 0.889. The minimum Gasteiger partial charge on any atom is -0.263 e. The van der Waals surface area contributed by atoms with Crippen molar-refractivity contribution in [2.75, 3.05) is 4.72 Å². The van der Waals surface area contributed by atoms with Gasteiger partial charge in [-0.1, -0.05) is 23.2 Å². The van der Waals surface area contributed by atoms with E-state index in [1.165, 1.54) is 12.3 Å². The Bertz CT molecular complexity index is 720. The van der Waals surface area contributed by atoms with Crippen molar-refractivity contribution < 1.29 is 8.42 Å². The van der Waals surface area contributed by atoms with Crippen LogP contribution < -0.4 is 4.72 Å². The lowest BCUT2D eigenvalue weighted by Crippen LogP contribution is -2.14. The van der Waals surface area contributed by atoms with Crippen LogP contribution in [0.3, 0.4) is 0 Å². The van der Waals surface area contributed by atoms with Crippen molar-refractivity contribution >= 4 is 39.0 Å². The molecular weight excluding hydrogens is 309 g/mol. The molecular formula is C11H9Cl2N3O2S. The van der Waals surface area contributed by atoms with Crippen LogP contribution in [0.25, 0.3) is 0 Å². The van der Waals surface area contributed by atoms with Crippen molar-refractivity contribution in [3.63, 3.8) is 0 Å². The number of hydrogen-bond donors (Lipinski definition) is 1. The van der Waals surface area contributed by atoms with Crippen molar-refractivity contribution in [2.45, 2.75) is 11.8 Å². The number of hydrogen-bond acceptors (Lipinski definition) is 4. The van der Waals surface area contributed by atoms with E-state index in [2.05, 4.69) is 14.7 Å². The van der Waals surface area contributed by atoms with Gasteiger partial charge in [0.05, 0.1) is 5.02 Å². The Balaban J connectivity index is 2.35. The molecule has 2 aromatic heterocycles. The number of halogens is 2. The van der Waals surface area contributed by atoms with Gasteiger partial charge in [0.1, 0.15) is 15.9 Å². The van der Waals surface area contributed by atoms with Gasteiger partial charge in [-0.25, -0.2) is 18.4 Å². The molecule has 2 heterocycles. The van der Waals surface area contributed by atoms with E-state index >= 15 is 0 Å². The molecule has 0 saturated heterocycles. The van der Waals surface area contributed by atoms with Gasteiger partial charge in [0.2, 0.25) is 0 Å². The molecule has 0 fully saturated rings. The molecule has 0 bridgehead atoms. The SMILES string of the molecule is Cc1ccnc(NS(=O)(=O)c2cnc(Cl)c(Cl)c2)c1. The molecule has 2 aromatic rings. The van der Waals surface area contributed by atoms with Crippen molar-refractivity contribution in [1.82, 2.24) is 9.97 Å². The third kappa shape index (κ3) is 3.34. The Morgan fingerprint density at radius 2 is 1.95 bits per heavy atom. The van der Waals surface area contributed by atoms with E-state index in [1.807, 2.05) is 6.92 Å². The molecule has 0 aromatic carbocycles. The van der Waals surface area contributed by atoms with Gasteiger partial charge in [-0.2, -0.15) is 0 Å². The van der Waals surface area contributed by atoms with E-state index in [9.17, 15) is 8.42 Å². The van der Waals surface area contributed by atoms with Crippen LogP contribution >= 0.6 is 23.2 Å². The number of pyridine rings is 2. The molecule has 0 amide bonds. The highest BCUT2D eigenvalue weighted by Crippen LogP contribution is 2.23. The van der Waals surface area contributed by atoms with Crippen LogP contribution in [-0.2, 0) is 10.0 Å². The molecule has 5 nitrogen and oxygen atoms in total. The smallest absolute Gasteiger partial charge is 0.263 e. The third-order valence-electron chi connectivity index (χ3n) is 2.24. The van der Waals surface area contributed by atoms with Crippen LogP contribution in [0.5, 0.6) is 0 Å². The fourth-order valence-electron chi connectivity index (χ4n) is 1.34. The van der Waals surface area contributed by atoms with Crippen molar-refractivity contribution in [3.8, 4) is 0 Å². The average molecular weight is 318 g/mol. The summed E-state index contributed by atoms with van der Waals surface area (Å²) in [6.45, 7) is 1.83. The Kier molecular flexibility index (Phi) is 3.93. The van der Waals surface area contributed by atoms with Crippen LogP contribution in [-0.4, -0.2) is 18.4 Å². The van der Waals surface area contributed by atoms with Gasteiger partial charge in [-0.3, -0.25) is 4.72 Å². The number of sulfonamides is 1. The minimum absolute atomic E-state index is 0.0503. The maximum absolute atomic E-state index is 12.1. The number of nitrogens with one attached hydrogen (secondary N) is 1. The molecule has 0 radical (unpaired) electrons. The Morgan fingerprint density at radius 1 is 1.21 bits per heavy atom. The normalized spacial score (nSPS) is 11.3. The molecule has 2 rings (SSSR count). The number of rotatable bonds is 3. The first-order chi connectivity index (χ1) is 8.88. The highest BCUT2D eigenvalue weighted by Gasteiger charge is 2.17. The molecule has 0 aliphatic rings. The number of aryl methyl sites for hydroxylation is 1. The van der Waals surface area contributed by atoms with Gasteiger partial charge < -0.3 is 0 Å². The Hall–Kier alpha value is -1.37. The highest BCUT2D eigenvalue weighted by molar-refractivity contribution is 7.92. The van der Waals surface area contributed by atoms with Gasteiger partial charge >= 0.3 is 0 Å². The van der Waals surface area contributed by atoms with Crippen LogP contribution in [0.4, 0.5) is 5.82 Å². The lowest BCUT2D eigenvalue weighted by Gasteiger charge is -2.08. The zero-order valence-corrected chi connectivity index (χ0v) is 12.1. The molecule has 0 saturated carbocycles. The zero-order chi connectivity index (χ0) is 14.0. The van der Waals surface area contributed by atoms with Gasteiger partial charge in [-0.15, -0.1) is 0 Å². The minimum atomic E-state index is -3.79. The quantitative estimate of drug-likeness (QED) is 0.883. The molecule has 0 atom stereocenters. The maximum atomic E-state index is 12.1. The Labute approximate surface area is 120 Å². The first-order valence-corrected chi connectivity index (χ1v) is 7.39. The van der Waals surface area contributed by atoms with Crippen LogP contribution in [0, 0.1) is 6.92 Å². The van der Waals surface area contributed by atoms with E-state index in [0.29, 0.717) is 0 Å². The van der Waals surface area contributed by atoms with Gasteiger partial charge in [0.25, 0.3) is 10.0 Å². The van der Waals surface area contributed by atoms with E-state index in [0.717, 1.165) is 11.8 Å². The maximum Gasteiger partial charge on any atom is 0.264 e. The molecule has 0 aliphatic carbocycles. The predicted octanol–water partition coefficient (Wildman–Crippen LogP) is 2.89. The van der Waals surface area contributed by atoms with E-state index in [-0.39, 0.29) is 20.9 Å². The average Bonchev–Trinajstić information content (AvgIpc) is 2.32. The largest absolute Gasteiger partial charge is 0.264 e. The Morgan fingerprint density at radius 3 is 2.58 bits per heavy atom. The second-order valence-electron chi connectivity index (χ2n) is 3.77. The number of nitrogens with zero attached hydrogens (tertiary/aromatic N) is 2. The second kappa shape index (κ2) is 5.32. The molecule has 19 heavy (non-hydrogen) atoms. The topological polar surface area (TPSA) is 72.0 Å². The third-order valence-corrected chi connectivity index (χ3v) is 4.24. The highest BCUT2D eigenvalue weighted by atomic mass is 35.5. The van der Waals surface area contributed by atoms with Gasteiger partial charge in [0, 0.05) is 12.4 Å².